The molecule has 0 aromatic heterocycles. The van der Waals surface area contributed by atoms with Crippen molar-refractivity contribution in [2.45, 2.75) is 66.2 Å². The Labute approximate surface area is 297 Å². The molecule has 0 aliphatic heterocycles. The molecule has 6 aromatic carbocycles. The molecule has 0 atom stereocenters. The summed E-state index contributed by atoms with van der Waals surface area (Å²) in [6, 6.07) is 49.0. The SMILES string of the molecule is Cc1ccc(N(c2ccc(C)cc2)c2cc(-c3cc(F)c4c(c3)C(C)(C)C(C)(C)C4(C)C)cc(N(c3ccccc3)c3ccccc3)c2)cc1. The Bertz CT molecular complexity index is 2060. The van der Waals surface area contributed by atoms with Gasteiger partial charge in [-0.05, 0) is 125 Å². The van der Waals surface area contributed by atoms with Crippen LogP contribution in [0.25, 0.3) is 11.1 Å². The van der Waals surface area contributed by atoms with E-state index < -0.39 is 0 Å². The number of nitrogens with zero attached hydrogens (tertiary/aromatic N) is 2. The van der Waals surface area contributed by atoms with Gasteiger partial charge in [0, 0.05) is 34.1 Å². The van der Waals surface area contributed by atoms with Crippen LogP contribution in [0.2, 0.25) is 0 Å². The maximum absolute atomic E-state index is 16.7. The van der Waals surface area contributed by atoms with Gasteiger partial charge in [-0.2, -0.15) is 0 Å². The first-order valence-electron chi connectivity index (χ1n) is 17.6. The fourth-order valence-corrected chi connectivity index (χ4v) is 7.79. The molecule has 0 spiro atoms. The van der Waals surface area contributed by atoms with E-state index in [4.69, 9.17) is 0 Å². The van der Waals surface area contributed by atoms with Crippen molar-refractivity contribution in [1.82, 2.24) is 0 Å². The van der Waals surface area contributed by atoms with Gasteiger partial charge in [-0.15, -0.1) is 0 Å². The summed E-state index contributed by atoms with van der Waals surface area (Å²) in [6.45, 7) is 17.7. The second kappa shape index (κ2) is 12.3. The Hall–Kier alpha value is -5.15. The molecule has 0 heterocycles. The maximum Gasteiger partial charge on any atom is 0.127 e. The summed E-state index contributed by atoms with van der Waals surface area (Å²) in [5.41, 5.74) is 11.6. The number of benzene rings is 6. The normalized spacial score (nSPS) is 15.4. The molecule has 6 aromatic rings. The van der Waals surface area contributed by atoms with E-state index in [0.29, 0.717) is 0 Å². The van der Waals surface area contributed by atoms with Gasteiger partial charge in [-0.25, -0.2) is 4.39 Å². The summed E-state index contributed by atoms with van der Waals surface area (Å²) in [7, 11) is 0. The molecule has 2 nitrogen and oxygen atoms in total. The van der Waals surface area contributed by atoms with Gasteiger partial charge in [-0.1, -0.05) is 119 Å². The molecule has 50 heavy (non-hydrogen) atoms. The van der Waals surface area contributed by atoms with Crippen LogP contribution < -0.4 is 9.80 Å². The van der Waals surface area contributed by atoms with E-state index in [9.17, 15) is 0 Å². The summed E-state index contributed by atoms with van der Waals surface area (Å²) in [4.78, 5) is 4.59. The minimum atomic E-state index is -0.327. The van der Waals surface area contributed by atoms with Crippen molar-refractivity contribution in [2.24, 2.45) is 5.41 Å². The molecule has 0 saturated carbocycles. The van der Waals surface area contributed by atoms with E-state index >= 15 is 4.39 Å². The predicted octanol–water partition coefficient (Wildman–Crippen LogP) is 13.6. The third kappa shape index (κ3) is 5.50. The number of hydrogen-bond donors (Lipinski definition) is 0. The Kier molecular flexibility index (Phi) is 8.22. The molecular weight excluding hydrogens is 612 g/mol. The highest BCUT2D eigenvalue weighted by atomic mass is 19.1. The topological polar surface area (TPSA) is 6.48 Å². The zero-order valence-electron chi connectivity index (χ0n) is 30.6. The highest BCUT2D eigenvalue weighted by Crippen LogP contribution is 2.62. The van der Waals surface area contributed by atoms with Crippen molar-refractivity contribution in [1.29, 1.82) is 0 Å². The molecule has 0 bridgehead atoms. The van der Waals surface area contributed by atoms with Crippen LogP contribution >= 0.6 is 0 Å². The van der Waals surface area contributed by atoms with Gasteiger partial charge in [0.25, 0.3) is 0 Å². The molecule has 0 N–H and O–H groups in total. The van der Waals surface area contributed by atoms with Crippen molar-refractivity contribution in [2.75, 3.05) is 9.80 Å². The number of rotatable bonds is 7. The van der Waals surface area contributed by atoms with Gasteiger partial charge in [0.2, 0.25) is 0 Å². The molecule has 7 rings (SSSR count). The first kappa shape index (κ1) is 33.4. The van der Waals surface area contributed by atoms with E-state index in [1.165, 1.54) is 11.1 Å². The second-order valence-electron chi connectivity index (χ2n) is 15.5. The van der Waals surface area contributed by atoms with E-state index in [0.717, 1.165) is 56.4 Å². The molecule has 1 aliphatic rings. The van der Waals surface area contributed by atoms with Crippen molar-refractivity contribution >= 4 is 34.1 Å². The predicted molar refractivity (Wildman–Crippen MR) is 211 cm³/mol. The smallest absolute Gasteiger partial charge is 0.127 e. The highest BCUT2D eigenvalue weighted by Gasteiger charge is 2.58. The molecule has 0 radical (unpaired) electrons. The van der Waals surface area contributed by atoms with Gasteiger partial charge >= 0.3 is 0 Å². The average Bonchev–Trinajstić information content (AvgIpc) is 3.21. The molecule has 0 saturated heterocycles. The van der Waals surface area contributed by atoms with E-state index in [2.05, 4.69) is 187 Å². The van der Waals surface area contributed by atoms with E-state index in [-0.39, 0.29) is 22.1 Å². The zero-order chi connectivity index (χ0) is 35.4. The lowest BCUT2D eigenvalue weighted by Gasteiger charge is -2.44. The fourth-order valence-electron chi connectivity index (χ4n) is 7.79. The summed E-state index contributed by atoms with van der Waals surface area (Å²) in [6.07, 6.45) is 0. The lowest BCUT2D eigenvalue weighted by molar-refractivity contribution is 0.123. The lowest BCUT2D eigenvalue weighted by atomic mass is 9.59. The summed E-state index contributed by atoms with van der Waals surface area (Å²) < 4.78 is 16.7. The van der Waals surface area contributed by atoms with E-state index in [1.54, 1.807) is 6.07 Å². The van der Waals surface area contributed by atoms with Gasteiger partial charge < -0.3 is 9.80 Å². The van der Waals surface area contributed by atoms with Crippen LogP contribution in [0.4, 0.5) is 38.5 Å². The number of fused-ring (bicyclic) bond motifs is 1. The molecule has 3 heteroatoms. The molecule has 1 aliphatic carbocycles. The van der Waals surface area contributed by atoms with Crippen LogP contribution in [0, 0.1) is 25.1 Å². The molecule has 0 amide bonds. The number of para-hydroxylation sites is 2. The van der Waals surface area contributed by atoms with Crippen LogP contribution in [0.1, 0.15) is 63.8 Å². The van der Waals surface area contributed by atoms with Crippen molar-refractivity contribution in [3.05, 3.63) is 168 Å². The molecular formula is C47H47FN2. The number of halogens is 1. The van der Waals surface area contributed by atoms with Crippen LogP contribution in [-0.4, -0.2) is 0 Å². The lowest BCUT2D eigenvalue weighted by Crippen LogP contribution is -2.42. The van der Waals surface area contributed by atoms with Crippen LogP contribution in [0.15, 0.2) is 140 Å². The standard InChI is InChI=1S/C47H47FN2/c1-32-19-23-38(24-20-32)50(39-25-21-33(2)22-26-39)41-28-34(35-29-42-44(43(48)30-35)46(5,6)47(7,8)45(42,3)4)27-40(31-41)49(36-15-11-9-12-16-36)37-17-13-10-14-18-37/h9-31H,1-8H3. The third-order valence-corrected chi connectivity index (χ3v) is 11.9. The summed E-state index contributed by atoms with van der Waals surface area (Å²) >= 11 is 0. The first-order chi connectivity index (χ1) is 23.8. The highest BCUT2D eigenvalue weighted by molar-refractivity contribution is 5.87. The number of aryl methyl sites for hydroxylation is 2. The minimum Gasteiger partial charge on any atom is -0.310 e. The zero-order valence-corrected chi connectivity index (χ0v) is 30.6. The average molecular weight is 659 g/mol. The van der Waals surface area contributed by atoms with Gasteiger partial charge in [-0.3, -0.25) is 0 Å². The van der Waals surface area contributed by atoms with E-state index in [1.807, 2.05) is 12.1 Å². The Balaban J connectivity index is 1.53. The van der Waals surface area contributed by atoms with Crippen molar-refractivity contribution in [3.8, 4) is 11.1 Å². The maximum atomic E-state index is 16.7. The van der Waals surface area contributed by atoms with Crippen LogP contribution in [0.5, 0.6) is 0 Å². The van der Waals surface area contributed by atoms with Gasteiger partial charge in [0.1, 0.15) is 5.82 Å². The van der Waals surface area contributed by atoms with Gasteiger partial charge in [0.15, 0.2) is 0 Å². The summed E-state index contributed by atoms with van der Waals surface area (Å²) in [5, 5.41) is 0. The van der Waals surface area contributed by atoms with Gasteiger partial charge in [0.05, 0.1) is 0 Å². The Morgan fingerprint density at radius 3 is 1.26 bits per heavy atom. The Morgan fingerprint density at radius 2 is 0.820 bits per heavy atom. The third-order valence-electron chi connectivity index (χ3n) is 11.9. The van der Waals surface area contributed by atoms with Crippen LogP contribution in [-0.2, 0) is 10.8 Å². The molecule has 0 fully saturated rings. The van der Waals surface area contributed by atoms with Crippen molar-refractivity contribution in [3.63, 3.8) is 0 Å². The summed E-state index contributed by atoms with van der Waals surface area (Å²) in [5.74, 6) is -0.134. The minimum absolute atomic E-state index is 0.134. The fraction of sp³-hybridized carbons (Fsp3) is 0.234. The monoisotopic (exact) mass is 658 g/mol. The van der Waals surface area contributed by atoms with Crippen LogP contribution in [0.3, 0.4) is 0 Å². The Morgan fingerprint density at radius 1 is 0.420 bits per heavy atom. The van der Waals surface area contributed by atoms with Crippen molar-refractivity contribution < 1.29 is 4.39 Å². The second-order valence-corrected chi connectivity index (χ2v) is 15.5. The quantitative estimate of drug-likeness (QED) is 0.168. The number of anilines is 6. The molecule has 0 unspecified atom stereocenters. The first-order valence-corrected chi connectivity index (χ1v) is 17.6. The molecule has 252 valence electrons. The number of hydrogen-bond acceptors (Lipinski definition) is 2. The largest absolute Gasteiger partial charge is 0.310 e.